The number of allylic oxidation sites excluding steroid dienone is 1. The molecule has 1 aliphatic heterocycles. The standard InChI is InChI=1S/C12H5N3O/c13-5-9(6-14)3-8-1-2-10-7-15-12(16)11(10)4-8/h1-4,7H. The van der Waals surface area contributed by atoms with E-state index >= 15 is 0 Å². The van der Waals surface area contributed by atoms with E-state index in [1.54, 1.807) is 30.3 Å². The van der Waals surface area contributed by atoms with Crippen molar-refractivity contribution >= 4 is 18.2 Å². The van der Waals surface area contributed by atoms with Gasteiger partial charge in [-0.25, -0.2) is 4.99 Å². The topological polar surface area (TPSA) is 77.0 Å². The van der Waals surface area contributed by atoms with Crippen LogP contribution in [0.5, 0.6) is 0 Å². The summed E-state index contributed by atoms with van der Waals surface area (Å²) in [5, 5.41) is 17.2. The van der Waals surface area contributed by atoms with Crippen molar-refractivity contribution in [3.63, 3.8) is 0 Å². The maximum atomic E-state index is 11.3. The molecule has 1 aromatic rings. The highest BCUT2D eigenvalue weighted by molar-refractivity contribution is 6.13. The predicted molar refractivity (Wildman–Crippen MR) is 57.6 cm³/mol. The van der Waals surface area contributed by atoms with Crippen molar-refractivity contribution in [3.05, 3.63) is 40.5 Å². The van der Waals surface area contributed by atoms with Gasteiger partial charge in [0.15, 0.2) is 0 Å². The fraction of sp³-hybridized carbons (Fsp3) is 0. The quantitative estimate of drug-likeness (QED) is 0.657. The van der Waals surface area contributed by atoms with Crippen LogP contribution in [0, 0.1) is 22.7 Å². The molecule has 74 valence electrons. The highest BCUT2D eigenvalue weighted by Gasteiger charge is 2.14. The molecular weight excluding hydrogens is 202 g/mol. The minimum atomic E-state index is -0.291. The first-order valence-electron chi connectivity index (χ1n) is 4.49. The monoisotopic (exact) mass is 207 g/mol. The SMILES string of the molecule is N#CC(C#N)=Cc1ccc2c(c1)C(=O)N=C2. The first kappa shape index (κ1) is 9.82. The Labute approximate surface area is 91.8 Å². The second kappa shape index (κ2) is 3.80. The van der Waals surface area contributed by atoms with Gasteiger partial charge in [-0.05, 0) is 17.7 Å². The summed E-state index contributed by atoms with van der Waals surface area (Å²) >= 11 is 0. The van der Waals surface area contributed by atoms with E-state index in [2.05, 4.69) is 4.99 Å². The molecule has 1 heterocycles. The molecule has 0 saturated heterocycles. The molecule has 0 unspecified atom stereocenters. The summed E-state index contributed by atoms with van der Waals surface area (Å²) in [4.78, 5) is 14.9. The van der Waals surface area contributed by atoms with Crippen molar-refractivity contribution in [3.8, 4) is 12.1 Å². The van der Waals surface area contributed by atoms with Gasteiger partial charge in [0, 0.05) is 11.8 Å². The average Bonchev–Trinajstić information content (AvgIpc) is 2.68. The summed E-state index contributed by atoms with van der Waals surface area (Å²) in [5.74, 6) is -0.291. The fourth-order valence-corrected chi connectivity index (χ4v) is 1.42. The second-order valence-corrected chi connectivity index (χ2v) is 3.19. The molecule has 0 N–H and O–H groups in total. The van der Waals surface area contributed by atoms with Gasteiger partial charge in [-0.15, -0.1) is 0 Å². The van der Waals surface area contributed by atoms with E-state index < -0.39 is 0 Å². The number of fused-ring (bicyclic) bond motifs is 1. The summed E-state index contributed by atoms with van der Waals surface area (Å²) in [6.45, 7) is 0. The van der Waals surface area contributed by atoms with E-state index in [4.69, 9.17) is 10.5 Å². The van der Waals surface area contributed by atoms with Crippen molar-refractivity contribution in [2.24, 2.45) is 4.99 Å². The van der Waals surface area contributed by atoms with Crippen molar-refractivity contribution in [2.75, 3.05) is 0 Å². The van der Waals surface area contributed by atoms with E-state index in [9.17, 15) is 4.79 Å². The smallest absolute Gasteiger partial charge is 0.267 e. The third-order valence-electron chi connectivity index (χ3n) is 2.18. The zero-order valence-electron chi connectivity index (χ0n) is 8.14. The first-order chi connectivity index (χ1) is 7.74. The Balaban J connectivity index is 2.46. The Morgan fingerprint density at radius 2 is 2.06 bits per heavy atom. The molecule has 1 amide bonds. The van der Waals surface area contributed by atoms with Gasteiger partial charge in [-0.1, -0.05) is 12.1 Å². The van der Waals surface area contributed by atoms with Gasteiger partial charge >= 0.3 is 0 Å². The predicted octanol–water partition coefficient (Wildman–Crippen LogP) is 1.69. The van der Waals surface area contributed by atoms with Gasteiger partial charge in [0.25, 0.3) is 5.91 Å². The molecule has 0 radical (unpaired) electrons. The summed E-state index contributed by atoms with van der Waals surface area (Å²) < 4.78 is 0. The van der Waals surface area contributed by atoms with Crippen LogP contribution in [0.25, 0.3) is 6.08 Å². The molecule has 16 heavy (non-hydrogen) atoms. The highest BCUT2D eigenvalue weighted by Crippen LogP contribution is 2.18. The minimum Gasteiger partial charge on any atom is -0.267 e. The normalized spacial score (nSPS) is 11.5. The number of benzene rings is 1. The van der Waals surface area contributed by atoms with Crippen LogP contribution in [0.4, 0.5) is 0 Å². The number of amides is 1. The lowest BCUT2D eigenvalue weighted by molar-refractivity contribution is 0.101. The molecule has 0 atom stereocenters. The summed E-state index contributed by atoms with van der Waals surface area (Å²) in [5.41, 5.74) is 1.92. The van der Waals surface area contributed by atoms with E-state index in [0.717, 1.165) is 5.56 Å². The third kappa shape index (κ3) is 1.60. The minimum absolute atomic E-state index is 0.00585. The van der Waals surface area contributed by atoms with Crippen LogP contribution in [-0.4, -0.2) is 12.1 Å². The molecule has 2 rings (SSSR count). The lowest BCUT2D eigenvalue weighted by atomic mass is 10.0. The lowest BCUT2D eigenvalue weighted by Gasteiger charge is -1.97. The first-order valence-corrected chi connectivity index (χ1v) is 4.49. The van der Waals surface area contributed by atoms with Crippen molar-refractivity contribution in [1.29, 1.82) is 10.5 Å². The number of nitriles is 2. The number of aliphatic imine (C=N–C) groups is 1. The van der Waals surface area contributed by atoms with Gasteiger partial charge in [0.05, 0.1) is 5.56 Å². The number of carbonyl (C=O) groups excluding carboxylic acids is 1. The Morgan fingerprint density at radius 3 is 2.75 bits per heavy atom. The second-order valence-electron chi connectivity index (χ2n) is 3.19. The van der Waals surface area contributed by atoms with Crippen LogP contribution in [0.1, 0.15) is 21.5 Å². The molecule has 0 fully saturated rings. The van der Waals surface area contributed by atoms with Crippen molar-refractivity contribution in [1.82, 2.24) is 0 Å². The van der Waals surface area contributed by atoms with Gasteiger partial charge in [0.2, 0.25) is 0 Å². The number of hydrogen-bond donors (Lipinski definition) is 0. The van der Waals surface area contributed by atoms with Crippen LogP contribution in [0.15, 0.2) is 28.8 Å². The van der Waals surface area contributed by atoms with Crippen LogP contribution in [0.2, 0.25) is 0 Å². The lowest BCUT2D eigenvalue weighted by Crippen LogP contribution is -1.92. The van der Waals surface area contributed by atoms with Crippen LogP contribution in [-0.2, 0) is 0 Å². The summed E-state index contributed by atoms with van der Waals surface area (Å²) in [7, 11) is 0. The van der Waals surface area contributed by atoms with E-state index in [1.165, 1.54) is 12.3 Å². The molecule has 0 aliphatic carbocycles. The highest BCUT2D eigenvalue weighted by atomic mass is 16.1. The molecule has 1 aliphatic rings. The van der Waals surface area contributed by atoms with E-state index in [0.29, 0.717) is 11.1 Å². The zero-order chi connectivity index (χ0) is 11.5. The van der Waals surface area contributed by atoms with Crippen molar-refractivity contribution < 1.29 is 4.79 Å². The molecule has 0 aromatic heterocycles. The third-order valence-corrected chi connectivity index (χ3v) is 2.18. The van der Waals surface area contributed by atoms with Gasteiger partial charge in [0.1, 0.15) is 17.7 Å². The molecule has 0 saturated carbocycles. The number of hydrogen-bond acceptors (Lipinski definition) is 3. The molecule has 0 bridgehead atoms. The molecular formula is C12H5N3O. The summed E-state index contributed by atoms with van der Waals surface area (Å²) in [6, 6.07) is 8.62. The number of carbonyl (C=O) groups is 1. The Bertz CT molecular complexity index is 596. The Hall–Kier alpha value is -2.72. The van der Waals surface area contributed by atoms with Gasteiger partial charge in [-0.3, -0.25) is 4.79 Å². The molecule has 0 spiro atoms. The van der Waals surface area contributed by atoms with Crippen LogP contribution in [0.3, 0.4) is 0 Å². The molecule has 4 heteroatoms. The van der Waals surface area contributed by atoms with Gasteiger partial charge < -0.3 is 0 Å². The Morgan fingerprint density at radius 1 is 1.31 bits per heavy atom. The maximum Gasteiger partial charge on any atom is 0.277 e. The fourth-order valence-electron chi connectivity index (χ4n) is 1.42. The van der Waals surface area contributed by atoms with E-state index in [-0.39, 0.29) is 11.5 Å². The molecule has 1 aromatic carbocycles. The van der Waals surface area contributed by atoms with Crippen LogP contribution >= 0.6 is 0 Å². The number of nitrogens with zero attached hydrogens (tertiary/aromatic N) is 3. The summed E-state index contributed by atoms with van der Waals surface area (Å²) in [6.07, 6.45) is 2.94. The average molecular weight is 207 g/mol. The maximum absolute atomic E-state index is 11.3. The van der Waals surface area contributed by atoms with Gasteiger partial charge in [-0.2, -0.15) is 10.5 Å². The number of rotatable bonds is 1. The van der Waals surface area contributed by atoms with Crippen LogP contribution < -0.4 is 0 Å². The zero-order valence-corrected chi connectivity index (χ0v) is 8.14. The molecule has 4 nitrogen and oxygen atoms in total. The Kier molecular flexibility index (Phi) is 2.33. The van der Waals surface area contributed by atoms with Crippen molar-refractivity contribution in [2.45, 2.75) is 0 Å². The van der Waals surface area contributed by atoms with E-state index in [1.807, 2.05) is 0 Å². The largest absolute Gasteiger partial charge is 0.277 e.